The molecule has 2 rings (SSSR count). The largest absolute Gasteiger partial charge is 0.493 e. The molecule has 0 atom stereocenters. The lowest BCUT2D eigenvalue weighted by molar-refractivity contribution is -0.142. The Kier molecular flexibility index (Phi) is 7.97. The maximum atomic E-state index is 12.3. The van der Waals surface area contributed by atoms with Crippen LogP contribution in [0.15, 0.2) is 42.5 Å². The highest BCUT2D eigenvalue weighted by Gasteiger charge is 2.11. The number of rotatable bonds is 8. The van der Waals surface area contributed by atoms with E-state index in [4.69, 9.17) is 21.1 Å². The minimum Gasteiger partial charge on any atom is -0.493 e. The molecule has 0 aliphatic carbocycles. The van der Waals surface area contributed by atoms with E-state index in [0.29, 0.717) is 16.3 Å². The molecule has 1 N–H and O–H groups in total. The summed E-state index contributed by atoms with van der Waals surface area (Å²) in [6, 6.07) is 9.19. The predicted molar refractivity (Wildman–Crippen MR) is 104 cm³/mol. The summed E-state index contributed by atoms with van der Waals surface area (Å²) >= 11 is 5.88. The van der Waals surface area contributed by atoms with Gasteiger partial charge < -0.3 is 19.5 Å². The first-order valence-electron chi connectivity index (χ1n) is 8.32. The molecule has 0 aliphatic heterocycles. The van der Waals surface area contributed by atoms with Crippen LogP contribution in [0.3, 0.4) is 0 Å². The second-order valence-corrected chi connectivity index (χ2v) is 6.17. The highest BCUT2D eigenvalue weighted by atomic mass is 35.5. The number of hydrogen-bond donors (Lipinski definition) is 1. The summed E-state index contributed by atoms with van der Waals surface area (Å²) in [5, 5.41) is 3.06. The first-order chi connectivity index (χ1) is 13.8. The number of esters is 1. The standard InChI is InChI=1S/C20H18ClF2NO5/c1-12-3-6-14(21)10-15(12)24-18(25)11-28-19(26)8-5-13-4-7-16(29-20(22)23)17(9-13)27-2/h3-10,20H,11H2,1-2H3,(H,24,25). The van der Waals surface area contributed by atoms with Crippen LogP contribution < -0.4 is 14.8 Å². The van der Waals surface area contributed by atoms with Crippen LogP contribution in [0.1, 0.15) is 11.1 Å². The van der Waals surface area contributed by atoms with Crippen LogP contribution in [-0.2, 0) is 14.3 Å². The van der Waals surface area contributed by atoms with Gasteiger partial charge in [0.15, 0.2) is 18.1 Å². The van der Waals surface area contributed by atoms with Crippen molar-refractivity contribution in [1.82, 2.24) is 0 Å². The van der Waals surface area contributed by atoms with Crippen LogP contribution in [0.5, 0.6) is 11.5 Å². The van der Waals surface area contributed by atoms with Gasteiger partial charge in [0.05, 0.1) is 7.11 Å². The Hall–Kier alpha value is -3.13. The summed E-state index contributed by atoms with van der Waals surface area (Å²) in [5.41, 5.74) is 1.81. The molecule has 2 aromatic carbocycles. The molecule has 6 nitrogen and oxygen atoms in total. The molecule has 0 aromatic heterocycles. The van der Waals surface area contributed by atoms with E-state index in [1.165, 1.54) is 31.4 Å². The number of carbonyl (C=O) groups is 2. The number of alkyl halides is 2. The number of halogens is 3. The van der Waals surface area contributed by atoms with Crippen LogP contribution in [0, 0.1) is 6.92 Å². The number of anilines is 1. The molecule has 0 saturated carbocycles. The average molecular weight is 426 g/mol. The summed E-state index contributed by atoms with van der Waals surface area (Å²) in [4.78, 5) is 23.7. The van der Waals surface area contributed by atoms with Crippen molar-refractivity contribution in [3.05, 3.63) is 58.6 Å². The Labute approximate surface area is 171 Å². The van der Waals surface area contributed by atoms with Crippen molar-refractivity contribution in [2.75, 3.05) is 19.0 Å². The Balaban J connectivity index is 1.90. The fourth-order valence-electron chi connectivity index (χ4n) is 2.25. The van der Waals surface area contributed by atoms with E-state index in [0.717, 1.165) is 11.6 Å². The van der Waals surface area contributed by atoms with Crippen molar-refractivity contribution < 1.29 is 32.6 Å². The van der Waals surface area contributed by atoms with Crippen molar-refractivity contribution in [2.45, 2.75) is 13.5 Å². The van der Waals surface area contributed by atoms with Gasteiger partial charge in [-0.15, -0.1) is 0 Å². The SMILES string of the molecule is COc1cc(C=CC(=O)OCC(=O)Nc2cc(Cl)ccc2C)ccc1OC(F)F. The molecular formula is C20H18ClF2NO5. The lowest BCUT2D eigenvalue weighted by atomic mass is 10.2. The molecule has 0 unspecified atom stereocenters. The number of nitrogens with one attached hydrogen (secondary N) is 1. The maximum absolute atomic E-state index is 12.3. The molecule has 0 saturated heterocycles. The molecule has 0 spiro atoms. The first kappa shape index (κ1) is 22.2. The number of aryl methyl sites for hydroxylation is 1. The number of amides is 1. The third kappa shape index (κ3) is 7.08. The van der Waals surface area contributed by atoms with Crippen molar-refractivity contribution in [1.29, 1.82) is 0 Å². The zero-order valence-corrected chi connectivity index (χ0v) is 16.3. The molecule has 9 heteroatoms. The van der Waals surface area contributed by atoms with Gasteiger partial charge in [-0.2, -0.15) is 8.78 Å². The lowest BCUT2D eigenvalue weighted by Gasteiger charge is -2.10. The number of benzene rings is 2. The summed E-state index contributed by atoms with van der Waals surface area (Å²) < 4.78 is 38.8. The second-order valence-electron chi connectivity index (χ2n) is 5.74. The molecule has 0 aliphatic rings. The molecule has 0 bridgehead atoms. The topological polar surface area (TPSA) is 73.9 Å². The van der Waals surface area contributed by atoms with Crippen molar-refractivity contribution in [2.24, 2.45) is 0 Å². The Morgan fingerprint density at radius 1 is 1.17 bits per heavy atom. The quantitative estimate of drug-likeness (QED) is 0.499. The predicted octanol–water partition coefficient (Wildman–Crippen LogP) is 4.45. The maximum Gasteiger partial charge on any atom is 0.387 e. The number of methoxy groups -OCH3 is 1. The molecule has 0 fully saturated rings. The molecule has 2 aromatic rings. The van der Waals surface area contributed by atoms with Gasteiger partial charge in [0.2, 0.25) is 0 Å². The fourth-order valence-corrected chi connectivity index (χ4v) is 2.42. The van der Waals surface area contributed by atoms with Crippen molar-refractivity contribution in [3.63, 3.8) is 0 Å². The third-order valence-electron chi connectivity index (χ3n) is 3.63. The van der Waals surface area contributed by atoms with E-state index in [1.54, 1.807) is 25.1 Å². The zero-order chi connectivity index (χ0) is 21.4. The summed E-state index contributed by atoms with van der Waals surface area (Å²) in [7, 11) is 1.30. The van der Waals surface area contributed by atoms with Gasteiger partial charge in [0, 0.05) is 16.8 Å². The molecule has 0 radical (unpaired) electrons. The van der Waals surface area contributed by atoms with Gasteiger partial charge in [0.25, 0.3) is 5.91 Å². The smallest absolute Gasteiger partial charge is 0.387 e. The summed E-state index contributed by atoms with van der Waals surface area (Å²) in [6.07, 6.45) is 2.48. The number of carbonyl (C=O) groups excluding carboxylic acids is 2. The van der Waals surface area contributed by atoms with Crippen molar-refractivity contribution >= 4 is 35.2 Å². The van der Waals surface area contributed by atoms with E-state index in [9.17, 15) is 18.4 Å². The minimum atomic E-state index is -2.98. The average Bonchev–Trinajstić information content (AvgIpc) is 2.68. The number of ether oxygens (including phenoxy) is 3. The van der Waals surface area contributed by atoms with Gasteiger partial charge in [-0.25, -0.2) is 4.79 Å². The minimum absolute atomic E-state index is 0.0806. The zero-order valence-electron chi connectivity index (χ0n) is 15.6. The molecular weight excluding hydrogens is 408 g/mol. The van der Waals surface area contributed by atoms with E-state index < -0.39 is 25.1 Å². The summed E-state index contributed by atoms with van der Waals surface area (Å²) in [5.74, 6) is -1.32. The second kappa shape index (κ2) is 10.4. The van der Waals surface area contributed by atoms with Crippen LogP contribution in [0.2, 0.25) is 5.02 Å². The molecule has 29 heavy (non-hydrogen) atoms. The highest BCUT2D eigenvalue weighted by Crippen LogP contribution is 2.29. The summed E-state index contributed by atoms with van der Waals surface area (Å²) in [6.45, 7) is -1.67. The fraction of sp³-hybridized carbons (Fsp3) is 0.200. The normalized spacial score (nSPS) is 10.8. The molecule has 1 amide bonds. The first-order valence-corrected chi connectivity index (χ1v) is 8.70. The Morgan fingerprint density at radius 2 is 1.93 bits per heavy atom. The van der Waals surface area contributed by atoms with Crippen LogP contribution in [0.25, 0.3) is 6.08 Å². The van der Waals surface area contributed by atoms with Crippen molar-refractivity contribution in [3.8, 4) is 11.5 Å². The van der Waals surface area contributed by atoms with Crippen LogP contribution in [0.4, 0.5) is 14.5 Å². The van der Waals surface area contributed by atoms with Gasteiger partial charge in [-0.3, -0.25) is 4.79 Å². The third-order valence-corrected chi connectivity index (χ3v) is 3.87. The van der Waals surface area contributed by atoms with E-state index in [1.807, 2.05) is 0 Å². The van der Waals surface area contributed by atoms with E-state index in [2.05, 4.69) is 10.1 Å². The lowest BCUT2D eigenvalue weighted by Crippen LogP contribution is -2.20. The molecule has 154 valence electrons. The van der Waals surface area contributed by atoms with Crippen LogP contribution >= 0.6 is 11.6 Å². The van der Waals surface area contributed by atoms with Gasteiger partial charge in [-0.05, 0) is 48.4 Å². The Morgan fingerprint density at radius 3 is 2.62 bits per heavy atom. The van der Waals surface area contributed by atoms with Gasteiger partial charge in [-0.1, -0.05) is 23.7 Å². The Bertz CT molecular complexity index is 918. The highest BCUT2D eigenvalue weighted by molar-refractivity contribution is 6.31. The van der Waals surface area contributed by atoms with Crippen LogP contribution in [-0.4, -0.2) is 32.2 Å². The van der Waals surface area contributed by atoms with Gasteiger partial charge >= 0.3 is 12.6 Å². The monoisotopic (exact) mass is 425 g/mol. The van der Waals surface area contributed by atoms with Gasteiger partial charge in [0.1, 0.15) is 0 Å². The number of hydrogen-bond acceptors (Lipinski definition) is 5. The van der Waals surface area contributed by atoms with E-state index >= 15 is 0 Å². The van der Waals surface area contributed by atoms with E-state index in [-0.39, 0.29) is 11.5 Å². The molecule has 0 heterocycles.